The van der Waals surface area contributed by atoms with E-state index in [1.807, 2.05) is 32.9 Å². The van der Waals surface area contributed by atoms with Gasteiger partial charge < -0.3 is 5.32 Å². The van der Waals surface area contributed by atoms with Crippen molar-refractivity contribution >= 4 is 37.3 Å². The number of sulfonamides is 2. The number of rotatable bonds is 7. The van der Waals surface area contributed by atoms with Crippen LogP contribution in [0.1, 0.15) is 16.7 Å². The van der Waals surface area contributed by atoms with Crippen molar-refractivity contribution in [3.05, 3.63) is 53.1 Å². The largest absolute Gasteiger partial charge is 0.324 e. The van der Waals surface area contributed by atoms with E-state index in [1.165, 1.54) is 38.4 Å². The second kappa shape index (κ2) is 8.75. The van der Waals surface area contributed by atoms with Crippen LogP contribution in [-0.2, 0) is 24.8 Å². The van der Waals surface area contributed by atoms with Crippen LogP contribution in [0.5, 0.6) is 0 Å². The average Bonchev–Trinajstić information content (AvgIpc) is 2.61. The lowest BCUT2D eigenvalue weighted by atomic mass is 10.1. The predicted octanol–water partition coefficient (Wildman–Crippen LogP) is 2.27. The Morgan fingerprint density at radius 3 is 1.87 bits per heavy atom. The molecule has 2 aromatic carbocycles. The van der Waals surface area contributed by atoms with Crippen molar-refractivity contribution in [1.29, 1.82) is 0 Å². The quantitative estimate of drug-likeness (QED) is 0.693. The molecule has 0 atom stereocenters. The van der Waals surface area contributed by atoms with Crippen molar-refractivity contribution < 1.29 is 21.6 Å². The predicted molar refractivity (Wildman–Crippen MR) is 119 cm³/mol. The number of hydrogen-bond donors (Lipinski definition) is 1. The van der Waals surface area contributed by atoms with Gasteiger partial charge in [0.05, 0.1) is 16.8 Å². The highest BCUT2D eigenvalue weighted by molar-refractivity contribution is 7.92. The summed E-state index contributed by atoms with van der Waals surface area (Å²) in [6.45, 7) is 5.25. The second-order valence-corrected chi connectivity index (χ2v) is 11.4. The molecule has 0 radical (unpaired) electrons. The van der Waals surface area contributed by atoms with Crippen LogP contribution in [0.15, 0.2) is 41.3 Å². The Labute approximate surface area is 178 Å². The SMILES string of the molecule is Cc1cc(C)c(NC(=O)CN(c2ccc(S(=O)(=O)N(C)C)cc2)S(C)(=O)=O)c(C)c1. The van der Waals surface area contributed by atoms with Crippen LogP contribution >= 0.6 is 0 Å². The molecule has 0 aromatic heterocycles. The Kier molecular flexibility index (Phi) is 6.95. The molecule has 0 bridgehead atoms. The molecule has 0 heterocycles. The zero-order chi connectivity index (χ0) is 22.9. The van der Waals surface area contributed by atoms with Gasteiger partial charge in [0.1, 0.15) is 6.54 Å². The van der Waals surface area contributed by atoms with Crippen molar-refractivity contribution in [2.24, 2.45) is 0 Å². The van der Waals surface area contributed by atoms with Crippen LogP contribution < -0.4 is 9.62 Å². The number of nitrogens with one attached hydrogen (secondary N) is 1. The van der Waals surface area contributed by atoms with Gasteiger partial charge in [0.25, 0.3) is 0 Å². The van der Waals surface area contributed by atoms with Gasteiger partial charge in [-0.3, -0.25) is 9.10 Å². The highest BCUT2D eigenvalue weighted by Gasteiger charge is 2.23. The average molecular weight is 454 g/mol. The van der Waals surface area contributed by atoms with Gasteiger partial charge in [-0.25, -0.2) is 21.1 Å². The molecule has 0 saturated heterocycles. The summed E-state index contributed by atoms with van der Waals surface area (Å²) in [6.07, 6.45) is 0.993. The smallest absolute Gasteiger partial charge is 0.245 e. The number of nitrogens with zero attached hydrogens (tertiary/aromatic N) is 2. The summed E-state index contributed by atoms with van der Waals surface area (Å²) >= 11 is 0. The first kappa shape index (κ1) is 23.8. The van der Waals surface area contributed by atoms with Crippen molar-refractivity contribution in [3.63, 3.8) is 0 Å². The van der Waals surface area contributed by atoms with Crippen LogP contribution in [0.3, 0.4) is 0 Å². The molecule has 164 valence electrons. The van der Waals surface area contributed by atoms with Gasteiger partial charge in [0.2, 0.25) is 26.0 Å². The van der Waals surface area contributed by atoms with E-state index in [0.717, 1.165) is 31.6 Å². The molecule has 0 saturated carbocycles. The minimum atomic E-state index is -3.78. The lowest BCUT2D eigenvalue weighted by Gasteiger charge is -2.23. The summed E-state index contributed by atoms with van der Waals surface area (Å²) in [6, 6.07) is 9.23. The summed E-state index contributed by atoms with van der Waals surface area (Å²) in [7, 11) is -4.61. The maximum atomic E-state index is 12.6. The van der Waals surface area contributed by atoms with Crippen LogP contribution in [-0.4, -0.2) is 53.9 Å². The molecule has 30 heavy (non-hydrogen) atoms. The molecule has 8 nitrogen and oxygen atoms in total. The molecule has 1 amide bonds. The Morgan fingerprint density at radius 2 is 1.43 bits per heavy atom. The van der Waals surface area contributed by atoms with Crippen LogP contribution in [0, 0.1) is 20.8 Å². The summed E-state index contributed by atoms with van der Waals surface area (Å²) in [5.41, 5.74) is 3.66. The third-order valence-corrected chi connectivity index (χ3v) is 7.50. The fourth-order valence-electron chi connectivity index (χ4n) is 3.08. The minimum absolute atomic E-state index is 0.0278. The van der Waals surface area contributed by atoms with Crippen LogP contribution in [0.4, 0.5) is 11.4 Å². The summed E-state index contributed by atoms with van der Waals surface area (Å²) < 4.78 is 51.0. The molecule has 0 fully saturated rings. The molecule has 10 heteroatoms. The normalized spacial score (nSPS) is 12.1. The van der Waals surface area contributed by atoms with Gasteiger partial charge in [0, 0.05) is 19.8 Å². The molecule has 0 aliphatic heterocycles. The van der Waals surface area contributed by atoms with Crippen molar-refractivity contribution in [1.82, 2.24) is 4.31 Å². The standard InChI is InChI=1S/C20H27N3O5S2/c1-14-11-15(2)20(16(3)12-14)21-19(24)13-23(29(6,25)26)17-7-9-18(10-8-17)30(27,28)22(4)5/h7-12H,13H2,1-6H3,(H,21,24). The molecular formula is C20H27N3O5S2. The Balaban J connectivity index is 2.31. The van der Waals surface area contributed by atoms with E-state index in [1.54, 1.807) is 0 Å². The maximum Gasteiger partial charge on any atom is 0.245 e. The van der Waals surface area contributed by atoms with Crippen molar-refractivity contribution in [3.8, 4) is 0 Å². The zero-order valence-corrected chi connectivity index (χ0v) is 19.6. The van der Waals surface area contributed by atoms with E-state index in [0.29, 0.717) is 5.69 Å². The Hall–Kier alpha value is -2.43. The molecule has 0 unspecified atom stereocenters. The Bertz CT molecular complexity index is 1130. The van der Waals surface area contributed by atoms with Gasteiger partial charge in [-0.15, -0.1) is 0 Å². The third-order valence-electron chi connectivity index (χ3n) is 4.53. The van der Waals surface area contributed by atoms with E-state index in [-0.39, 0.29) is 10.6 Å². The van der Waals surface area contributed by atoms with E-state index in [2.05, 4.69) is 5.32 Å². The first-order chi connectivity index (χ1) is 13.7. The number of carbonyl (C=O) groups excluding carboxylic acids is 1. The highest BCUT2D eigenvalue weighted by atomic mass is 32.2. The first-order valence-electron chi connectivity index (χ1n) is 9.11. The number of carbonyl (C=O) groups is 1. The fourth-order valence-corrected chi connectivity index (χ4v) is 4.84. The topological polar surface area (TPSA) is 104 Å². The van der Waals surface area contributed by atoms with Gasteiger partial charge >= 0.3 is 0 Å². The van der Waals surface area contributed by atoms with Gasteiger partial charge in [-0.2, -0.15) is 0 Å². The molecular weight excluding hydrogens is 426 g/mol. The van der Waals surface area contributed by atoms with Gasteiger partial charge in [-0.05, 0) is 56.2 Å². The van der Waals surface area contributed by atoms with E-state index in [4.69, 9.17) is 0 Å². The monoisotopic (exact) mass is 453 g/mol. The first-order valence-corrected chi connectivity index (χ1v) is 12.4. The second-order valence-electron chi connectivity index (χ2n) is 7.37. The van der Waals surface area contributed by atoms with E-state index >= 15 is 0 Å². The lowest BCUT2D eigenvalue weighted by molar-refractivity contribution is -0.114. The lowest BCUT2D eigenvalue weighted by Crippen LogP contribution is -2.37. The molecule has 1 N–H and O–H groups in total. The third kappa shape index (κ3) is 5.38. The summed E-state index contributed by atoms with van der Waals surface area (Å²) in [5.74, 6) is -0.500. The molecule has 0 spiro atoms. The van der Waals surface area contributed by atoms with Crippen LogP contribution in [0.2, 0.25) is 0 Å². The molecule has 2 rings (SSSR count). The number of anilines is 2. The molecule has 0 aliphatic rings. The highest BCUT2D eigenvalue weighted by Crippen LogP contribution is 2.24. The van der Waals surface area contributed by atoms with Gasteiger partial charge in [0.15, 0.2) is 0 Å². The van der Waals surface area contributed by atoms with Crippen LogP contribution in [0.25, 0.3) is 0 Å². The van der Waals surface area contributed by atoms with Crippen molar-refractivity contribution in [2.45, 2.75) is 25.7 Å². The summed E-state index contributed by atoms with van der Waals surface area (Å²) in [5, 5.41) is 2.78. The number of amides is 1. The number of aryl methyl sites for hydroxylation is 3. The van der Waals surface area contributed by atoms with E-state index in [9.17, 15) is 21.6 Å². The molecule has 2 aromatic rings. The molecule has 0 aliphatic carbocycles. The summed E-state index contributed by atoms with van der Waals surface area (Å²) in [4.78, 5) is 12.7. The number of hydrogen-bond acceptors (Lipinski definition) is 5. The van der Waals surface area contributed by atoms with Crippen molar-refractivity contribution in [2.75, 3.05) is 36.5 Å². The maximum absolute atomic E-state index is 12.6. The Morgan fingerprint density at radius 1 is 0.933 bits per heavy atom. The van der Waals surface area contributed by atoms with Gasteiger partial charge in [-0.1, -0.05) is 17.7 Å². The van der Waals surface area contributed by atoms with E-state index < -0.39 is 32.5 Å². The fraction of sp³-hybridized carbons (Fsp3) is 0.350. The zero-order valence-electron chi connectivity index (χ0n) is 17.9. The minimum Gasteiger partial charge on any atom is -0.324 e. The number of benzene rings is 2.